The SMILES string of the molecule is CCCNC1CC(OCCC)C1(CC)CC. The van der Waals surface area contributed by atoms with Crippen molar-refractivity contribution in [1.29, 1.82) is 0 Å². The fourth-order valence-electron chi connectivity index (χ4n) is 3.04. The number of nitrogens with one attached hydrogen (secondary N) is 1. The Labute approximate surface area is 101 Å². The summed E-state index contributed by atoms with van der Waals surface area (Å²) in [4.78, 5) is 0. The monoisotopic (exact) mass is 227 g/mol. The maximum Gasteiger partial charge on any atom is 0.0661 e. The summed E-state index contributed by atoms with van der Waals surface area (Å²) in [6, 6.07) is 0.685. The summed E-state index contributed by atoms with van der Waals surface area (Å²) in [6.45, 7) is 11.1. The molecule has 0 aromatic rings. The van der Waals surface area contributed by atoms with Crippen molar-refractivity contribution in [3.63, 3.8) is 0 Å². The normalized spacial score (nSPS) is 27.8. The van der Waals surface area contributed by atoms with E-state index >= 15 is 0 Å². The Morgan fingerprint density at radius 3 is 2.31 bits per heavy atom. The quantitative estimate of drug-likeness (QED) is 0.686. The molecule has 2 atom stereocenters. The van der Waals surface area contributed by atoms with Crippen molar-refractivity contribution >= 4 is 0 Å². The molecule has 96 valence electrons. The molecule has 16 heavy (non-hydrogen) atoms. The summed E-state index contributed by atoms with van der Waals surface area (Å²) >= 11 is 0. The molecule has 1 saturated carbocycles. The Kier molecular flexibility index (Phi) is 5.77. The third-order valence-electron chi connectivity index (χ3n) is 4.27. The second-order valence-electron chi connectivity index (χ2n) is 5.04. The molecule has 0 aromatic heterocycles. The van der Waals surface area contributed by atoms with Crippen LogP contribution in [0, 0.1) is 5.41 Å². The second-order valence-corrected chi connectivity index (χ2v) is 5.04. The molecule has 1 aliphatic carbocycles. The maximum absolute atomic E-state index is 6.00. The van der Waals surface area contributed by atoms with E-state index in [9.17, 15) is 0 Å². The average molecular weight is 227 g/mol. The fourth-order valence-corrected chi connectivity index (χ4v) is 3.04. The molecule has 1 N–H and O–H groups in total. The Balaban J connectivity index is 2.50. The highest BCUT2D eigenvalue weighted by atomic mass is 16.5. The van der Waals surface area contributed by atoms with Crippen LogP contribution < -0.4 is 5.32 Å². The van der Waals surface area contributed by atoms with Crippen LogP contribution in [0.4, 0.5) is 0 Å². The minimum absolute atomic E-state index is 0.407. The van der Waals surface area contributed by atoms with Gasteiger partial charge in [-0.1, -0.05) is 27.7 Å². The van der Waals surface area contributed by atoms with E-state index in [0.717, 1.165) is 19.6 Å². The van der Waals surface area contributed by atoms with Crippen molar-refractivity contribution in [3.05, 3.63) is 0 Å². The number of hydrogen-bond acceptors (Lipinski definition) is 2. The zero-order chi connectivity index (χ0) is 12.0. The smallest absolute Gasteiger partial charge is 0.0661 e. The summed E-state index contributed by atoms with van der Waals surface area (Å²) in [5, 5.41) is 3.69. The van der Waals surface area contributed by atoms with E-state index in [-0.39, 0.29) is 0 Å². The van der Waals surface area contributed by atoms with Gasteiger partial charge < -0.3 is 10.1 Å². The number of hydrogen-bond donors (Lipinski definition) is 1. The van der Waals surface area contributed by atoms with Gasteiger partial charge >= 0.3 is 0 Å². The molecule has 2 nitrogen and oxygen atoms in total. The first-order valence-electron chi connectivity index (χ1n) is 7.10. The Bertz CT molecular complexity index is 173. The molecule has 1 aliphatic rings. The van der Waals surface area contributed by atoms with Crippen LogP contribution in [0.2, 0.25) is 0 Å². The maximum atomic E-state index is 6.00. The van der Waals surface area contributed by atoms with Crippen LogP contribution in [0.1, 0.15) is 59.8 Å². The van der Waals surface area contributed by atoms with Crippen molar-refractivity contribution in [3.8, 4) is 0 Å². The van der Waals surface area contributed by atoms with E-state index in [2.05, 4.69) is 33.0 Å². The molecule has 0 bridgehead atoms. The van der Waals surface area contributed by atoms with E-state index in [1.807, 2.05) is 0 Å². The zero-order valence-electron chi connectivity index (χ0n) is 11.5. The van der Waals surface area contributed by atoms with Crippen molar-refractivity contribution in [2.75, 3.05) is 13.2 Å². The molecule has 2 unspecified atom stereocenters. The van der Waals surface area contributed by atoms with Gasteiger partial charge in [0.1, 0.15) is 0 Å². The molecule has 0 amide bonds. The van der Waals surface area contributed by atoms with Crippen molar-refractivity contribution in [2.24, 2.45) is 5.41 Å². The molecule has 1 fully saturated rings. The van der Waals surface area contributed by atoms with Crippen LogP contribution in [-0.4, -0.2) is 25.3 Å². The predicted molar refractivity (Wildman–Crippen MR) is 69.7 cm³/mol. The van der Waals surface area contributed by atoms with Gasteiger partial charge in [-0.3, -0.25) is 0 Å². The molecule has 2 heteroatoms. The van der Waals surface area contributed by atoms with E-state index < -0.39 is 0 Å². The first-order valence-corrected chi connectivity index (χ1v) is 7.10. The van der Waals surface area contributed by atoms with Gasteiger partial charge in [-0.25, -0.2) is 0 Å². The third-order valence-corrected chi connectivity index (χ3v) is 4.27. The average Bonchev–Trinajstić information content (AvgIpc) is 2.29. The van der Waals surface area contributed by atoms with Crippen LogP contribution in [0.15, 0.2) is 0 Å². The van der Waals surface area contributed by atoms with Crippen LogP contribution in [0.3, 0.4) is 0 Å². The largest absolute Gasteiger partial charge is 0.378 e. The predicted octanol–water partition coefficient (Wildman–Crippen LogP) is 3.36. The van der Waals surface area contributed by atoms with E-state index in [1.165, 1.54) is 25.7 Å². The molecule has 1 rings (SSSR count). The van der Waals surface area contributed by atoms with E-state index in [4.69, 9.17) is 4.74 Å². The van der Waals surface area contributed by atoms with Crippen LogP contribution in [0.25, 0.3) is 0 Å². The standard InChI is InChI=1S/C14H29NO/c1-5-9-15-12-11-13(16-10-6-2)14(12,7-3)8-4/h12-13,15H,5-11H2,1-4H3. The molecular weight excluding hydrogens is 198 g/mol. The van der Waals surface area contributed by atoms with Crippen LogP contribution in [0.5, 0.6) is 0 Å². The highest BCUT2D eigenvalue weighted by Gasteiger charge is 2.52. The van der Waals surface area contributed by atoms with Gasteiger partial charge in [0.15, 0.2) is 0 Å². The van der Waals surface area contributed by atoms with Gasteiger partial charge in [-0.15, -0.1) is 0 Å². The first kappa shape index (κ1) is 14.0. The lowest BCUT2D eigenvalue weighted by molar-refractivity contribution is -0.140. The number of ether oxygens (including phenoxy) is 1. The van der Waals surface area contributed by atoms with Crippen LogP contribution in [-0.2, 0) is 4.74 Å². The highest BCUT2D eigenvalue weighted by molar-refractivity contribution is 5.06. The van der Waals surface area contributed by atoms with E-state index in [0.29, 0.717) is 17.6 Å². The molecule has 0 heterocycles. The molecule has 0 radical (unpaired) electrons. The lowest BCUT2D eigenvalue weighted by atomic mass is 9.58. The summed E-state index contributed by atoms with van der Waals surface area (Å²) in [5.41, 5.74) is 0.407. The Hall–Kier alpha value is -0.0800. The van der Waals surface area contributed by atoms with Gasteiger partial charge in [-0.05, 0) is 38.6 Å². The third kappa shape index (κ3) is 2.60. The Morgan fingerprint density at radius 2 is 1.81 bits per heavy atom. The molecular formula is C14H29NO. The molecule has 0 spiro atoms. The second kappa shape index (κ2) is 6.61. The van der Waals surface area contributed by atoms with Gasteiger partial charge in [0.25, 0.3) is 0 Å². The lowest BCUT2D eigenvalue weighted by Gasteiger charge is -2.55. The zero-order valence-corrected chi connectivity index (χ0v) is 11.5. The molecule has 0 saturated heterocycles. The first-order chi connectivity index (χ1) is 7.75. The van der Waals surface area contributed by atoms with E-state index in [1.54, 1.807) is 0 Å². The van der Waals surface area contributed by atoms with Crippen molar-refractivity contribution in [2.45, 2.75) is 71.9 Å². The highest BCUT2D eigenvalue weighted by Crippen LogP contribution is 2.48. The van der Waals surface area contributed by atoms with Crippen molar-refractivity contribution in [1.82, 2.24) is 5.32 Å². The molecule has 0 aliphatic heterocycles. The van der Waals surface area contributed by atoms with Gasteiger partial charge in [0.05, 0.1) is 6.10 Å². The summed E-state index contributed by atoms with van der Waals surface area (Å²) in [7, 11) is 0. The summed E-state index contributed by atoms with van der Waals surface area (Å²) < 4.78 is 6.00. The lowest BCUT2D eigenvalue weighted by Crippen LogP contribution is -2.63. The van der Waals surface area contributed by atoms with Crippen LogP contribution >= 0.6 is 0 Å². The summed E-state index contributed by atoms with van der Waals surface area (Å²) in [5.74, 6) is 0. The van der Waals surface area contributed by atoms with Gasteiger partial charge in [0.2, 0.25) is 0 Å². The summed E-state index contributed by atoms with van der Waals surface area (Å²) in [6.07, 6.45) is 6.53. The molecule has 0 aromatic carbocycles. The van der Waals surface area contributed by atoms with Gasteiger partial charge in [-0.2, -0.15) is 0 Å². The minimum atomic E-state index is 0.407. The Morgan fingerprint density at radius 1 is 1.12 bits per heavy atom. The number of rotatable bonds is 8. The van der Waals surface area contributed by atoms with Gasteiger partial charge in [0, 0.05) is 18.1 Å². The minimum Gasteiger partial charge on any atom is -0.378 e. The fraction of sp³-hybridized carbons (Fsp3) is 1.00. The van der Waals surface area contributed by atoms with Crippen molar-refractivity contribution < 1.29 is 4.74 Å². The topological polar surface area (TPSA) is 21.3 Å².